The fourth-order valence-electron chi connectivity index (χ4n) is 4.38. The molecule has 1 aromatic rings. The van der Waals surface area contributed by atoms with E-state index >= 15 is 0 Å². The topological polar surface area (TPSA) is 44.8 Å². The maximum atomic E-state index is 12.6. The van der Waals surface area contributed by atoms with Crippen LogP contribution in [0.25, 0.3) is 0 Å². The zero-order valence-electron chi connectivity index (χ0n) is 14.7. The highest BCUT2D eigenvalue weighted by Crippen LogP contribution is 2.43. The summed E-state index contributed by atoms with van der Waals surface area (Å²) in [6.45, 7) is 4.04. The predicted molar refractivity (Wildman–Crippen MR) is 95.7 cm³/mol. The molecule has 24 heavy (non-hydrogen) atoms. The number of ether oxygens (including phenoxy) is 1. The molecule has 1 spiro atoms. The number of hydrogen-bond acceptors (Lipinski definition) is 4. The van der Waals surface area contributed by atoms with Gasteiger partial charge in [0.1, 0.15) is 0 Å². The van der Waals surface area contributed by atoms with E-state index in [1.165, 1.54) is 24.1 Å². The van der Waals surface area contributed by atoms with E-state index in [1.54, 1.807) is 0 Å². The lowest BCUT2D eigenvalue weighted by atomic mass is 9.73. The molecule has 0 aliphatic carbocycles. The highest BCUT2D eigenvalue weighted by atomic mass is 16.5. The summed E-state index contributed by atoms with van der Waals surface area (Å²) in [5.41, 5.74) is 4.05. The summed E-state index contributed by atoms with van der Waals surface area (Å²) in [5.74, 6) is 0.165. The number of carbonyl (C=O) groups is 1. The van der Waals surface area contributed by atoms with Crippen molar-refractivity contribution in [2.45, 2.75) is 31.7 Å². The van der Waals surface area contributed by atoms with Gasteiger partial charge in [-0.15, -0.1) is 0 Å². The largest absolute Gasteiger partial charge is 0.381 e. The number of amides is 1. The summed E-state index contributed by atoms with van der Waals surface area (Å²) < 4.78 is 5.51. The van der Waals surface area contributed by atoms with E-state index in [9.17, 15) is 4.79 Å². The minimum Gasteiger partial charge on any atom is -0.381 e. The van der Waals surface area contributed by atoms with Crippen molar-refractivity contribution in [3.8, 4) is 0 Å². The molecule has 1 N–H and O–H groups in total. The number of likely N-dealkylation sites (N-methyl/N-ethyl adjacent to an activating group) is 2. The van der Waals surface area contributed by atoms with E-state index in [2.05, 4.69) is 28.4 Å². The summed E-state index contributed by atoms with van der Waals surface area (Å²) in [4.78, 5) is 16.9. The normalized spacial score (nSPS) is 26.1. The van der Waals surface area contributed by atoms with Crippen LogP contribution in [0.15, 0.2) is 18.2 Å². The van der Waals surface area contributed by atoms with E-state index in [1.807, 2.05) is 19.0 Å². The van der Waals surface area contributed by atoms with Crippen molar-refractivity contribution in [3.63, 3.8) is 0 Å². The third-order valence-corrected chi connectivity index (χ3v) is 6.08. The number of hydrogen-bond donors (Lipinski definition) is 1. The third-order valence-electron chi connectivity index (χ3n) is 6.08. The second-order valence-electron chi connectivity index (χ2n) is 7.56. The molecular weight excluding hydrogens is 302 g/mol. The molecule has 0 aromatic heterocycles. The minimum atomic E-state index is -0.0830. The van der Waals surface area contributed by atoms with Crippen LogP contribution in [0.3, 0.4) is 0 Å². The van der Waals surface area contributed by atoms with Gasteiger partial charge in [0.05, 0.1) is 6.04 Å². The Morgan fingerprint density at radius 3 is 2.71 bits per heavy atom. The first-order valence-corrected chi connectivity index (χ1v) is 9.02. The Balaban J connectivity index is 1.54. The summed E-state index contributed by atoms with van der Waals surface area (Å²) >= 11 is 0. The third kappa shape index (κ3) is 2.60. The van der Waals surface area contributed by atoms with E-state index in [4.69, 9.17) is 4.74 Å². The molecule has 3 heterocycles. The molecule has 1 atom stereocenters. The van der Waals surface area contributed by atoms with E-state index in [-0.39, 0.29) is 11.9 Å². The molecule has 3 aliphatic heterocycles. The van der Waals surface area contributed by atoms with Crippen molar-refractivity contribution in [1.29, 1.82) is 0 Å². The highest BCUT2D eigenvalue weighted by molar-refractivity contribution is 5.98. The molecule has 0 saturated carbocycles. The maximum Gasteiger partial charge on any atom is 0.243 e. The fraction of sp³-hybridized carbons (Fsp3) is 0.632. The number of rotatable bonds is 2. The van der Waals surface area contributed by atoms with Crippen LogP contribution in [0.2, 0.25) is 0 Å². The van der Waals surface area contributed by atoms with Crippen LogP contribution in [0.1, 0.15) is 24.8 Å². The molecule has 1 amide bonds. The van der Waals surface area contributed by atoms with Gasteiger partial charge in [-0.05, 0) is 50.4 Å². The molecule has 2 fully saturated rings. The Morgan fingerprint density at radius 1 is 1.25 bits per heavy atom. The van der Waals surface area contributed by atoms with Gasteiger partial charge in [-0.3, -0.25) is 4.79 Å². The van der Waals surface area contributed by atoms with Gasteiger partial charge in [-0.1, -0.05) is 6.07 Å². The van der Waals surface area contributed by atoms with Crippen molar-refractivity contribution in [1.82, 2.24) is 5.32 Å². The Bertz CT molecular complexity index is 631. The number of anilines is 2. The number of aryl methyl sites for hydroxylation is 1. The monoisotopic (exact) mass is 329 g/mol. The summed E-state index contributed by atoms with van der Waals surface area (Å²) in [5, 5.41) is 3.14. The molecule has 5 nitrogen and oxygen atoms in total. The van der Waals surface area contributed by atoms with Crippen LogP contribution >= 0.6 is 0 Å². The molecule has 4 rings (SSSR count). The van der Waals surface area contributed by atoms with Gasteiger partial charge < -0.3 is 19.9 Å². The lowest BCUT2D eigenvalue weighted by Crippen LogP contribution is -2.58. The molecule has 0 radical (unpaired) electrons. The summed E-state index contributed by atoms with van der Waals surface area (Å²) in [6.07, 6.45) is 4.16. The van der Waals surface area contributed by atoms with Gasteiger partial charge in [-0.25, -0.2) is 0 Å². The summed E-state index contributed by atoms with van der Waals surface area (Å²) in [7, 11) is 3.77. The van der Waals surface area contributed by atoms with Crippen LogP contribution in [0.5, 0.6) is 0 Å². The number of benzene rings is 1. The van der Waals surface area contributed by atoms with Gasteiger partial charge in [0, 0.05) is 50.1 Å². The number of nitrogens with zero attached hydrogens (tertiary/aromatic N) is 2. The smallest absolute Gasteiger partial charge is 0.243 e. The second kappa shape index (κ2) is 6.05. The summed E-state index contributed by atoms with van der Waals surface area (Å²) in [6, 6.07) is 6.56. The molecule has 1 aromatic carbocycles. The van der Waals surface area contributed by atoms with E-state index < -0.39 is 0 Å². The van der Waals surface area contributed by atoms with Crippen LogP contribution in [-0.4, -0.2) is 52.3 Å². The van der Waals surface area contributed by atoms with Crippen LogP contribution in [0.4, 0.5) is 11.4 Å². The number of fused-ring (bicyclic) bond motifs is 1. The first-order chi connectivity index (χ1) is 11.6. The molecule has 130 valence electrons. The van der Waals surface area contributed by atoms with Gasteiger partial charge in [0.15, 0.2) is 0 Å². The standard InChI is InChI=1S/C19H27N3O2/c1-20-16-6-4-14-3-5-15(11-17(14)21(2)18(16)23)22-12-19(13-22)7-9-24-10-8-19/h3,5,11,16,20H,4,6-10,12-13H2,1-2H3. The van der Waals surface area contributed by atoms with E-state index in [0.29, 0.717) is 5.41 Å². The van der Waals surface area contributed by atoms with Crippen LogP contribution < -0.4 is 15.1 Å². The van der Waals surface area contributed by atoms with Gasteiger partial charge in [0.25, 0.3) is 0 Å². The Kier molecular flexibility index (Phi) is 4.01. The highest BCUT2D eigenvalue weighted by Gasteiger charge is 2.44. The first kappa shape index (κ1) is 15.9. The van der Waals surface area contributed by atoms with Crippen molar-refractivity contribution >= 4 is 17.3 Å². The van der Waals surface area contributed by atoms with Gasteiger partial charge >= 0.3 is 0 Å². The van der Waals surface area contributed by atoms with Crippen LogP contribution in [-0.2, 0) is 16.0 Å². The zero-order chi connectivity index (χ0) is 16.7. The average Bonchev–Trinajstić information content (AvgIpc) is 2.71. The second-order valence-corrected chi connectivity index (χ2v) is 7.56. The Morgan fingerprint density at radius 2 is 2.00 bits per heavy atom. The number of nitrogens with one attached hydrogen (secondary N) is 1. The lowest BCUT2D eigenvalue weighted by molar-refractivity contribution is -0.120. The molecule has 1 unspecified atom stereocenters. The predicted octanol–water partition coefficient (Wildman–Crippen LogP) is 1.80. The van der Waals surface area contributed by atoms with Crippen LogP contribution in [0, 0.1) is 5.41 Å². The SMILES string of the molecule is CNC1CCc2ccc(N3CC4(CCOCC4)C3)cc2N(C)C1=O. The van der Waals surface area contributed by atoms with Gasteiger partial charge in [0.2, 0.25) is 5.91 Å². The van der Waals surface area contributed by atoms with Crippen molar-refractivity contribution < 1.29 is 9.53 Å². The molecule has 0 bridgehead atoms. The Labute approximate surface area is 144 Å². The quantitative estimate of drug-likeness (QED) is 0.899. The van der Waals surface area contributed by atoms with Crippen molar-refractivity contribution in [2.24, 2.45) is 5.41 Å². The molecule has 2 saturated heterocycles. The lowest BCUT2D eigenvalue weighted by Gasteiger charge is -2.53. The van der Waals surface area contributed by atoms with E-state index in [0.717, 1.165) is 44.8 Å². The minimum absolute atomic E-state index is 0.0830. The fourth-order valence-corrected chi connectivity index (χ4v) is 4.38. The average molecular weight is 329 g/mol. The first-order valence-electron chi connectivity index (χ1n) is 9.02. The van der Waals surface area contributed by atoms with Crippen molar-refractivity contribution in [3.05, 3.63) is 23.8 Å². The molecular formula is C19H27N3O2. The molecule has 5 heteroatoms. The number of carbonyl (C=O) groups excluding carboxylic acids is 1. The van der Waals surface area contributed by atoms with Crippen molar-refractivity contribution in [2.75, 3.05) is 50.2 Å². The zero-order valence-corrected chi connectivity index (χ0v) is 14.7. The maximum absolute atomic E-state index is 12.6. The molecule has 3 aliphatic rings. The Hall–Kier alpha value is -1.59. The van der Waals surface area contributed by atoms with Gasteiger partial charge in [-0.2, -0.15) is 0 Å².